The Hall–Kier alpha value is -3.54. The fourth-order valence-corrected chi connectivity index (χ4v) is 3.29. The van der Waals surface area contributed by atoms with Crippen LogP contribution in [-0.2, 0) is 6.54 Å². The molecule has 0 spiro atoms. The van der Waals surface area contributed by atoms with Gasteiger partial charge in [0.05, 0.1) is 11.8 Å². The molecule has 1 aliphatic heterocycles. The largest absolute Gasteiger partial charge is 0.472 e. The third-order valence-electron chi connectivity index (χ3n) is 4.75. The Labute approximate surface area is 163 Å². The molecule has 0 unspecified atom stereocenters. The summed E-state index contributed by atoms with van der Waals surface area (Å²) in [7, 11) is 0. The van der Waals surface area contributed by atoms with Crippen LogP contribution in [0.25, 0.3) is 0 Å². The molecule has 1 aliphatic rings. The van der Waals surface area contributed by atoms with Gasteiger partial charge in [-0.05, 0) is 42.3 Å². The first-order valence-electron chi connectivity index (χ1n) is 9.25. The van der Waals surface area contributed by atoms with Crippen molar-refractivity contribution in [3.05, 3.63) is 84.3 Å². The highest BCUT2D eigenvalue weighted by atomic mass is 16.3. The van der Waals surface area contributed by atoms with E-state index in [1.807, 2.05) is 47.4 Å². The second-order valence-electron chi connectivity index (χ2n) is 6.71. The van der Waals surface area contributed by atoms with Gasteiger partial charge in [-0.25, -0.2) is 4.79 Å². The number of benzene rings is 2. The van der Waals surface area contributed by atoms with Crippen LogP contribution < -0.4 is 10.2 Å². The first-order chi connectivity index (χ1) is 13.7. The minimum Gasteiger partial charge on any atom is -0.472 e. The number of rotatable bonds is 5. The maximum absolute atomic E-state index is 12.9. The summed E-state index contributed by atoms with van der Waals surface area (Å²) in [4.78, 5) is 28.7. The maximum atomic E-state index is 12.9. The smallest absolute Gasteiger partial charge is 0.324 e. The highest BCUT2D eigenvalue weighted by Crippen LogP contribution is 2.23. The molecule has 6 heteroatoms. The van der Waals surface area contributed by atoms with Gasteiger partial charge >= 0.3 is 6.03 Å². The average Bonchev–Trinajstić information content (AvgIpc) is 3.26. The van der Waals surface area contributed by atoms with Crippen LogP contribution in [0.1, 0.15) is 22.3 Å². The molecule has 6 nitrogen and oxygen atoms in total. The van der Waals surface area contributed by atoms with Crippen molar-refractivity contribution in [1.82, 2.24) is 4.90 Å². The Morgan fingerprint density at radius 3 is 2.50 bits per heavy atom. The Balaban J connectivity index is 1.43. The van der Waals surface area contributed by atoms with Crippen molar-refractivity contribution in [3.63, 3.8) is 0 Å². The number of hydrogen-bond acceptors (Lipinski definition) is 3. The second kappa shape index (κ2) is 8.00. The summed E-state index contributed by atoms with van der Waals surface area (Å²) < 4.78 is 4.93. The van der Waals surface area contributed by atoms with Crippen molar-refractivity contribution in [1.29, 1.82) is 0 Å². The molecule has 142 valence electrons. The fourth-order valence-electron chi connectivity index (χ4n) is 3.29. The molecular weight excluding hydrogens is 354 g/mol. The molecule has 0 atom stereocenters. The van der Waals surface area contributed by atoms with Gasteiger partial charge in [-0.2, -0.15) is 0 Å². The topological polar surface area (TPSA) is 65.8 Å². The lowest BCUT2D eigenvalue weighted by atomic mass is 10.1. The van der Waals surface area contributed by atoms with E-state index < -0.39 is 0 Å². The summed E-state index contributed by atoms with van der Waals surface area (Å²) in [6, 6.07) is 18.9. The molecule has 2 aromatic carbocycles. The number of carbonyl (C=O) groups is 2. The van der Waals surface area contributed by atoms with Gasteiger partial charge in [0, 0.05) is 31.0 Å². The van der Waals surface area contributed by atoms with E-state index in [9.17, 15) is 9.59 Å². The van der Waals surface area contributed by atoms with Gasteiger partial charge in [0.1, 0.15) is 6.26 Å². The summed E-state index contributed by atoms with van der Waals surface area (Å²) in [5.74, 6) is -0.232. The highest BCUT2D eigenvalue weighted by Gasteiger charge is 2.26. The van der Waals surface area contributed by atoms with Crippen molar-refractivity contribution in [3.8, 4) is 0 Å². The monoisotopic (exact) mass is 375 g/mol. The Morgan fingerprint density at radius 2 is 1.79 bits per heavy atom. The quantitative estimate of drug-likeness (QED) is 0.720. The number of furan rings is 1. The number of amides is 3. The van der Waals surface area contributed by atoms with E-state index in [0.29, 0.717) is 24.3 Å². The molecule has 1 N–H and O–H groups in total. The summed E-state index contributed by atoms with van der Waals surface area (Å²) in [6.45, 7) is 2.04. The number of hydrogen-bond donors (Lipinski definition) is 1. The Morgan fingerprint density at radius 1 is 1.00 bits per heavy atom. The van der Waals surface area contributed by atoms with Crippen LogP contribution in [0.3, 0.4) is 0 Å². The summed E-state index contributed by atoms with van der Waals surface area (Å²) in [5.41, 5.74) is 3.08. The van der Waals surface area contributed by atoms with E-state index in [0.717, 1.165) is 24.2 Å². The third-order valence-corrected chi connectivity index (χ3v) is 4.75. The second-order valence-corrected chi connectivity index (χ2v) is 6.71. The van der Waals surface area contributed by atoms with Gasteiger partial charge in [-0.15, -0.1) is 0 Å². The zero-order valence-electron chi connectivity index (χ0n) is 15.4. The van der Waals surface area contributed by atoms with Crippen LogP contribution in [0.2, 0.25) is 0 Å². The highest BCUT2D eigenvalue weighted by molar-refractivity contribution is 6.04. The van der Waals surface area contributed by atoms with Crippen LogP contribution >= 0.6 is 0 Å². The summed E-state index contributed by atoms with van der Waals surface area (Å²) in [6.07, 6.45) is 3.77. The molecule has 3 amide bonds. The van der Waals surface area contributed by atoms with E-state index in [4.69, 9.17) is 4.42 Å². The number of nitrogens with zero attached hydrogens (tertiary/aromatic N) is 2. The molecule has 1 fully saturated rings. The van der Waals surface area contributed by atoms with E-state index in [-0.39, 0.29) is 11.9 Å². The van der Waals surface area contributed by atoms with E-state index in [1.54, 1.807) is 23.1 Å². The molecule has 4 rings (SSSR count). The van der Waals surface area contributed by atoms with Crippen LogP contribution in [0.4, 0.5) is 16.2 Å². The minimum atomic E-state index is -0.232. The van der Waals surface area contributed by atoms with Crippen molar-refractivity contribution in [2.24, 2.45) is 0 Å². The lowest BCUT2D eigenvalue weighted by Gasteiger charge is -2.35. The zero-order valence-corrected chi connectivity index (χ0v) is 15.4. The number of carbonyl (C=O) groups excluding carboxylic acids is 2. The van der Waals surface area contributed by atoms with Gasteiger partial charge in [-0.1, -0.05) is 30.3 Å². The summed E-state index contributed by atoms with van der Waals surface area (Å²) >= 11 is 0. The Kier molecular flexibility index (Phi) is 5.10. The normalized spacial score (nSPS) is 14.2. The lowest BCUT2D eigenvalue weighted by Crippen LogP contribution is -2.49. The molecule has 1 saturated heterocycles. The SMILES string of the molecule is O=C(Nc1ccc(N2CCCN(Cc3ccccc3)C2=O)cc1)c1ccoc1. The van der Waals surface area contributed by atoms with E-state index in [2.05, 4.69) is 5.32 Å². The van der Waals surface area contributed by atoms with Crippen LogP contribution in [-0.4, -0.2) is 29.9 Å². The molecule has 0 saturated carbocycles. The first-order valence-corrected chi connectivity index (χ1v) is 9.25. The van der Waals surface area contributed by atoms with Gasteiger partial charge < -0.3 is 14.6 Å². The van der Waals surface area contributed by atoms with Crippen molar-refractivity contribution >= 4 is 23.3 Å². The van der Waals surface area contributed by atoms with Crippen molar-refractivity contribution in [2.45, 2.75) is 13.0 Å². The molecule has 1 aromatic heterocycles. The van der Waals surface area contributed by atoms with Crippen LogP contribution in [0.5, 0.6) is 0 Å². The van der Waals surface area contributed by atoms with Crippen LogP contribution in [0, 0.1) is 0 Å². The standard InChI is InChI=1S/C22H21N3O3/c26-21(18-11-14-28-16-18)23-19-7-9-20(10-8-19)25-13-4-12-24(22(25)27)15-17-5-2-1-3-6-17/h1-3,5-11,14,16H,4,12-13,15H2,(H,23,26). The predicted octanol–water partition coefficient (Wildman–Crippen LogP) is 4.36. The van der Waals surface area contributed by atoms with E-state index in [1.165, 1.54) is 12.5 Å². The molecule has 28 heavy (non-hydrogen) atoms. The van der Waals surface area contributed by atoms with Crippen molar-refractivity contribution < 1.29 is 14.0 Å². The van der Waals surface area contributed by atoms with E-state index >= 15 is 0 Å². The molecule has 0 aliphatic carbocycles. The number of nitrogens with one attached hydrogen (secondary N) is 1. The van der Waals surface area contributed by atoms with Gasteiger partial charge in [0.15, 0.2) is 0 Å². The molecular formula is C22H21N3O3. The van der Waals surface area contributed by atoms with Gasteiger partial charge in [0.25, 0.3) is 5.91 Å². The minimum absolute atomic E-state index is 0.00489. The van der Waals surface area contributed by atoms with Crippen molar-refractivity contribution in [2.75, 3.05) is 23.3 Å². The lowest BCUT2D eigenvalue weighted by molar-refractivity contribution is 0.102. The third kappa shape index (κ3) is 3.91. The average molecular weight is 375 g/mol. The molecule has 0 bridgehead atoms. The maximum Gasteiger partial charge on any atom is 0.324 e. The first kappa shape index (κ1) is 17.9. The van der Waals surface area contributed by atoms with Gasteiger partial charge in [-0.3, -0.25) is 9.69 Å². The molecule has 2 heterocycles. The van der Waals surface area contributed by atoms with Crippen LogP contribution in [0.15, 0.2) is 77.6 Å². The Bertz CT molecular complexity index is 937. The fraction of sp³-hybridized carbons (Fsp3) is 0.182. The van der Waals surface area contributed by atoms with Gasteiger partial charge in [0.2, 0.25) is 0 Å². The zero-order chi connectivity index (χ0) is 19.3. The number of urea groups is 1. The predicted molar refractivity (Wildman–Crippen MR) is 107 cm³/mol. The number of anilines is 2. The molecule has 3 aromatic rings. The summed E-state index contributed by atoms with van der Waals surface area (Å²) in [5, 5.41) is 2.81. The molecule has 0 radical (unpaired) electrons.